The van der Waals surface area contributed by atoms with Crippen molar-refractivity contribution < 1.29 is 9.53 Å². The number of hydrogen-bond acceptors (Lipinski definition) is 3. The third-order valence-electron chi connectivity index (χ3n) is 3.43. The molecule has 1 atom stereocenters. The second-order valence-corrected chi connectivity index (χ2v) is 12.2. The van der Waals surface area contributed by atoms with E-state index >= 15 is 0 Å². The van der Waals surface area contributed by atoms with E-state index in [1.165, 1.54) is 0 Å². The maximum Gasteiger partial charge on any atom is 0.245 e. The van der Waals surface area contributed by atoms with Crippen LogP contribution in [0.4, 0.5) is 0 Å². The van der Waals surface area contributed by atoms with Crippen LogP contribution in [0.15, 0.2) is 0 Å². The molecule has 0 aliphatic carbocycles. The van der Waals surface area contributed by atoms with Crippen LogP contribution in [0.3, 0.4) is 0 Å². The monoisotopic (exact) mass is 282 g/mol. The zero-order chi connectivity index (χ0) is 14.5. The molecule has 0 unspecified atom stereocenters. The number of likely N-dealkylation sites (tertiary alicyclic amines) is 1. The van der Waals surface area contributed by atoms with Gasteiger partial charge in [-0.15, -0.1) is 12.3 Å². The quantitative estimate of drug-likeness (QED) is 0.458. The van der Waals surface area contributed by atoms with Gasteiger partial charge in [-0.1, -0.05) is 19.6 Å². The first kappa shape index (κ1) is 16.2. The molecule has 1 fully saturated rings. The molecule has 1 rings (SSSR count). The molecule has 19 heavy (non-hydrogen) atoms. The van der Waals surface area contributed by atoms with Crippen LogP contribution < -0.4 is 5.73 Å². The van der Waals surface area contributed by atoms with Crippen molar-refractivity contribution in [1.82, 2.24) is 4.90 Å². The summed E-state index contributed by atoms with van der Waals surface area (Å²) in [6.07, 6.45) is 7.16. The van der Waals surface area contributed by atoms with Crippen LogP contribution in [-0.4, -0.2) is 44.3 Å². The van der Waals surface area contributed by atoms with Crippen molar-refractivity contribution in [2.24, 2.45) is 5.73 Å². The maximum atomic E-state index is 12.3. The van der Waals surface area contributed by atoms with Crippen LogP contribution in [0.5, 0.6) is 0 Å². The van der Waals surface area contributed by atoms with Gasteiger partial charge >= 0.3 is 0 Å². The Hall–Kier alpha value is -0.833. The highest BCUT2D eigenvalue weighted by Gasteiger charge is 2.39. The molecule has 1 aliphatic rings. The highest BCUT2D eigenvalue weighted by atomic mass is 28.3. The second kappa shape index (κ2) is 6.55. The van der Waals surface area contributed by atoms with E-state index in [-0.39, 0.29) is 5.91 Å². The normalized spacial score (nSPS) is 24.4. The van der Waals surface area contributed by atoms with E-state index in [9.17, 15) is 4.79 Å². The van der Waals surface area contributed by atoms with Crippen molar-refractivity contribution in [3.63, 3.8) is 0 Å². The van der Waals surface area contributed by atoms with Crippen molar-refractivity contribution in [2.75, 3.05) is 19.9 Å². The summed E-state index contributed by atoms with van der Waals surface area (Å²) in [7, 11) is -1.08. The summed E-state index contributed by atoms with van der Waals surface area (Å²) in [6.45, 7) is 8.69. The lowest BCUT2D eigenvalue weighted by Crippen LogP contribution is -2.59. The molecule has 0 aromatic rings. The molecule has 0 spiro atoms. The molecule has 0 radical (unpaired) electrons. The van der Waals surface area contributed by atoms with E-state index in [1.807, 2.05) is 0 Å². The van der Waals surface area contributed by atoms with Crippen molar-refractivity contribution in [3.8, 4) is 12.3 Å². The molecule has 2 N–H and O–H groups in total. The molecule has 1 amide bonds. The van der Waals surface area contributed by atoms with Crippen molar-refractivity contribution in [1.29, 1.82) is 0 Å². The number of amides is 1. The Labute approximate surface area is 117 Å². The first-order valence-corrected chi connectivity index (χ1v) is 10.6. The Kier molecular flexibility index (Phi) is 5.59. The summed E-state index contributed by atoms with van der Waals surface area (Å²) >= 11 is 0. The van der Waals surface area contributed by atoms with Crippen molar-refractivity contribution in [2.45, 2.75) is 50.5 Å². The minimum Gasteiger partial charge on any atom is -0.361 e. The molecule has 1 heterocycles. The van der Waals surface area contributed by atoms with E-state index in [0.717, 1.165) is 19.0 Å². The van der Waals surface area contributed by atoms with Crippen LogP contribution in [0.25, 0.3) is 0 Å². The van der Waals surface area contributed by atoms with Crippen LogP contribution in [-0.2, 0) is 9.53 Å². The first-order chi connectivity index (χ1) is 8.78. The van der Waals surface area contributed by atoms with Gasteiger partial charge in [-0.2, -0.15) is 0 Å². The van der Waals surface area contributed by atoms with Crippen molar-refractivity contribution in [3.05, 3.63) is 0 Å². The number of nitrogens with two attached hydrogens (primary N) is 1. The predicted octanol–water partition coefficient (Wildman–Crippen LogP) is 1.64. The fourth-order valence-electron chi connectivity index (χ4n) is 2.13. The summed E-state index contributed by atoms with van der Waals surface area (Å²) in [4.78, 5) is 14.0. The number of carbonyl (C=O) groups is 1. The number of rotatable bonds is 6. The van der Waals surface area contributed by atoms with Crippen LogP contribution in [0, 0.1) is 12.3 Å². The lowest BCUT2D eigenvalue weighted by atomic mass is 9.86. The topological polar surface area (TPSA) is 55.6 Å². The molecule has 1 aliphatic heterocycles. The average molecular weight is 282 g/mol. The van der Waals surface area contributed by atoms with E-state index < -0.39 is 13.6 Å². The van der Waals surface area contributed by atoms with Gasteiger partial charge < -0.3 is 15.4 Å². The number of piperidine rings is 1. The van der Waals surface area contributed by atoms with Crippen LogP contribution in [0.2, 0.25) is 25.7 Å². The number of hydrogen-bond donors (Lipinski definition) is 1. The Balaban J connectivity index is 2.42. The fraction of sp³-hybridized carbons (Fsp3) is 0.786. The van der Waals surface area contributed by atoms with Gasteiger partial charge in [0.15, 0.2) is 0 Å². The Morgan fingerprint density at radius 2 is 2.21 bits per heavy atom. The Morgan fingerprint density at radius 3 is 2.79 bits per heavy atom. The minimum absolute atomic E-state index is 0.0651. The molecular weight excluding hydrogens is 256 g/mol. The van der Waals surface area contributed by atoms with Gasteiger partial charge in [0.25, 0.3) is 0 Å². The summed E-state index contributed by atoms with van der Waals surface area (Å²) in [5, 5.41) is 0. The molecule has 1 saturated heterocycles. The minimum atomic E-state index is -1.08. The summed E-state index contributed by atoms with van der Waals surface area (Å²) in [5.41, 5.74) is 5.21. The van der Waals surface area contributed by atoms with E-state index in [1.54, 1.807) is 4.90 Å². The Morgan fingerprint density at radius 1 is 1.53 bits per heavy atom. The third-order valence-corrected chi connectivity index (χ3v) is 5.13. The number of terminal acetylenes is 1. The molecule has 0 aromatic carbocycles. The molecule has 4 nitrogen and oxygen atoms in total. The van der Waals surface area contributed by atoms with E-state index in [0.29, 0.717) is 26.2 Å². The average Bonchev–Trinajstić information content (AvgIpc) is 2.29. The van der Waals surface area contributed by atoms with Crippen molar-refractivity contribution >= 4 is 14.0 Å². The fourth-order valence-corrected chi connectivity index (χ4v) is 2.89. The third kappa shape index (κ3) is 4.98. The van der Waals surface area contributed by atoms with Gasteiger partial charge in [0.2, 0.25) is 5.91 Å². The smallest absolute Gasteiger partial charge is 0.245 e. The first-order valence-electron chi connectivity index (χ1n) is 6.88. The molecule has 0 saturated carbocycles. The van der Waals surface area contributed by atoms with Gasteiger partial charge in [0.05, 0.1) is 0 Å². The second-order valence-electron chi connectivity index (χ2n) is 6.56. The highest BCUT2D eigenvalue weighted by Crippen LogP contribution is 2.23. The zero-order valence-corrected chi connectivity index (χ0v) is 13.4. The lowest BCUT2D eigenvalue weighted by Gasteiger charge is -2.38. The molecule has 0 aromatic heterocycles. The molecule has 108 valence electrons. The number of nitrogens with zero attached hydrogens (tertiary/aromatic N) is 1. The van der Waals surface area contributed by atoms with E-state index in [2.05, 4.69) is 25.6 Å². The van der Waals surface area contributed by atoms with E-state index in [4.69, 9.17) is 16.9 Å². The highest BCUT2D eigenvalue weighted by molar-refractivity contribution is 6.76. The molecular formula is C14H26N2O2Si. The predicted molar refractivity (Wildman–Crippen MR) is 80.3 cm³/mol. The van der Waals surface area contributed by atoms with Gasteiger partial charge in [-0.3, -0.25) is 4.79 Å². The SMILES string of the molecule is C#CC[C@]1(N)CCCN(COCC[Si](C)(C)C)C1=O. The maximum absolute atomic E-state index is 12.3. The van der Waals surface area contributed by atoms with Gasteiger partial charge in [0.1, 0.15) is 12.3 Å². The number of ether oxygens (including phenoxy) is 1. The summed E-state index contributed by atoms with van der Waals surface area (Å²) < 4.78 is 5.62. The lowest BCUT2D eigenvalue weighted by molar-refractivity contribution is -0.146. The van der Waals surface area contributed by atoms with Gasteiger partial charge in [-0.25, -0.2) is 0 Å². The summed E-state index contributed by atoms with van der Waals surface area (Å²) in [6, 6.07) is 1.10. The summed E-state index contributed by atoms with van der Waals surface area (Å²) in [5.74, 6) is 2.44. The largest absolute Gasteiger partial charge is 0.361 e. The standard InChI is InChI=1S/C14H26N2O2Si/c1-5-7-14(15)8-6-9-16(13(14)17)12-18-10-11-19(2,3)4/h1H,6-12,15H2,2-4H3/t14-/m0/s1. The zero-order valence-electron chi connectivity index (χ0n) is 12.4. The van der Waals surface area contributed by atoms with Crippen LogP contribution >= 0.6 is 0 Å². The number of carbonyl (C=O) groups excluding carboxylic acids is 1. The molecule has 0 bridgehead atoms. The molecule has 5 heteroatoms. The van der Waals surface area contributed by atoms with Gasteiger partial charge in [0, 0.05) is 27.6 Å². The Bertz CT molecular complexity index is 359. The van der Waals surface area contributed by atoms with Gasteiger partial charge in [-0.05, 0) is 18.9 Å². The van der Waals surface area contributed by atoms with Crippen LogP contribution in [0.1, 0.15) is 19.3 Å².